The second kappa shape index (κ2) is 9.69. The fourth-order valence-electron chi connectivity index (χ4n) is 3.47. The maximum Gasteiger partial charge on any atom is 0.340 e. The van der Waals surface area contributed by atoms with Gasteiger partial charge in [0.25, 0.3) is 0 Å². The molecule has 2 rings (SSSR count). The van der Waals surface area contributed by atoms with Crippen molar-refractivity contribution in [1.29, 1.82) is 0 Å². The molecule has 1 aliphatic heterocycles. The summed E-state index contributed by atoms with van der Waals surface area (Å²) in [5.41, 5.74) is -0.909. The lowest BCUT2D eigenvalue weighted by molar-refractivity contribution is -0.158. The number of rotatable bonds is 8. The van der Waals surface area contributed by atoms with Gasteiger partial charge >= 0.3 is 11.9 Å². The van der Waals surface area contributed by atoms with Crippen molar-refractivity contribution in [2.24, 2.45) is 16.8 Å². The van der Waals surface area contributed by atoms with Crippen molar-refractivity contribution in [3.63, 3.8) is 0 Å². The van der Waals surface area contributed by atoms with Gasteiger partial charge in [-0.25, -0.2) is 9.79 Å². The van der Waals surface area contributed by atoms with Gasteiger partial charge in [0.15, 0.2) is 0 Å². The molecule has 7 nitrogen and oxygen atoms in total. The quantitative estimate of drug-likeness (QED) is 0.529. The van der Waals surface area contributed by atoms with Crippen LogP contribution >= 0.6 is 0 Å². The van der Waals surface area contributed by atoms with E-state index >= 15 is 0 Å². The Hall–Kier alpha value is -2.67. The van der Waals surface area contributed by atoms with Gasteiger partial charge in [-0.1, -0.05) is 51.1 Å². The predicted molar refractivity (Wildman–Crippen MR) is 108 cm³/mol. The lowest BCUT2D eigenvalue weighted by atomic mass is 9.77. The minimum absolute atomic E-state index is 0.0709. The maximum atomic E-state index is 12.9. The lowest BCUT2D eigenvalue weighted by Gasteiger charge is -2.36. The molecule has 0 spiro atoms. The van der Waals surface area contributed by atoms with E-state index in [2.05, 4.69) is 9.73 Å². The van der Waals surface area contributed by atoms with Crippen molar-refractivity contribution >= 4 is 17.8 Å². The Bertz CT molecular complexity index is 773. The number of aliphatic imine (C=N–C) groups is 1. The number of ether oxygens (including phenoxy) is 3. The molecule has 1 N–H and O–H groups in total. The van der Waals surface area contributed by atoms with Crippen LogP contribution in [-0.2, 0) is 23.8 Å². The van der Waals surface area contributed by atoms with Gasteiger partial charge in [-0.15, -0.1) is 0 Å². The lowest BCUT2D eigenvalue weighted by Crippen LogP contribution is -2.59. The third kappa shape index (κ3) is 4.67. The summed E-state index contributed by atoms with van der Waals surface area (Å²) in [4.78, 5) is 28.8. The number of esters is 2. The van der Waals surface area contributed by atoms with Gasteiger partial charge in [-0.3, -0.25) is 4.79 Å². The highest BCUT2D eigenvalue weighted by Crippen LogP contribution is 2.39. The van der Waals surface area contributed by atoms with Crippen molar-refractivity contribution in [2.45, 2.75) is 44.9 Å². The summed E-state index contributed by atoms with van der Waals surface area (Å²) in [5, 5.41) is 11.2. The maximum absolute atomic E-state index is 12.9. The molecule has 29 heavy (non-hydrogen) atoms. The van der Waals surface area contributed by atoms with Crippen LogP contribution in [0.1, 0.15) is 32.8 Å². The molecule has 1 aromatic rings. The molecule has 0 aromatic heterocycles. The van der Waals surface area contributed by atoms with Crippen molar-refractivity contribution in [1.82, 2.24) is 0 Å². The molecule has 0 aliphatic carbocycles. The fourth-order valence-corrected chi connectivity index (χ4v) is 3.47. The van der Waals surface area contributed by atoms with Crippen LogP contribution in [0.25, 0.3) is 0 Å². The summed E-state index contributed by atoms with van der Waals surface area (Å²) in [6, 6.07) is 9.22. The fraction of sp³-hybridized carbons (Fsp3) is 0.500. The number of methoxy groups -OCH3 is 2. The van der Waals surface area contributed by atoms with E-state index in [4.69, 9.17) is 9.47 Å². The van der Waals surface area contributed by atoms with Gasteiger partial charge in [0, 0.05) is 11.5 Å². The monoisotopic (exact) mass is 403 g/mol. The first-order valence-electron chi connectivity index (χ1n) is 9.59. The number of carbonyl (C=O) groups excluding carboxylic acids is 2. The van der Waals surface area contributed by atoms with Crippen LogP contribution in [0.3, 0.4) is 0 Å². The minimum Gasteiger partial charge on any atom is -0.471 e. The molecule has 4 atom stereocenters. The van der Waals surface area contributed by atoms with Gasteiger partial charge in [-0.2, -0.15) is 0 Å². The van der Waals surface area contributed by atoms with Gasteiger partial charge in [0.05, 0.1) is 26.7 Å². The molecule has 0 radical (unpaired) electrons. The summed E-state index contributed by atoms with van der Waals surface area (Å²) in [7, 11) is 2.58. The average Bonchev–Trinajstić information content (AvgIpc) is 3.15. The van der Waals surface area contributed by atoms with Crippen LogP contribution in [-0.4, -0.2) is 54.9 Å². The first-order valence-corrected chi connectivity index (χ1v) is 9.59. The van der Waals surface area contributed by atoms with Crippen LogP contribution in [0, 0.1) is 11.8 Å². The van der Waals surface area contributed by atoms with Crippen LogP contribution in [0.15, 0.2) is 47.5 Å². The zero-order valence-corrected chi connectivity index (χ0v) is 17.5. The van der Waals surface area contributed by atoms with Crippen molar-refractivity contribution < 1.29 is 28.9 Å². The number of hydrogen-bond donors (Lipinski definition) is 1. The number of aliphatic hydroxyl groups excluding tert-OH is 1. The zero-order chi connectivity index (χ0) is 21.6. The third-order valence-corrected chi connectivity index (χ3v) is 5.00. The smallest absolute Gasteiger partial charge is 0.340 e. The van der Waals surface area contributed by atoms with E-state index < -0.39 is 29.6 Å². The SMILES string of the molecule is COC(=O)C/C=C/[C@H](C)[C@H](O)[C@]1(C(=O)OC)N=C(c2ccccc2)O[C@H]1C(C)C. The van der Waals surface area contributed by atoms with Gasteiger partial charge < -0.3 is 19.3 Å². The highest BCUT2D eigenvalue weighted by Gasteiger charge is 2.60. The van der Waals surface area contributed by atoms with Crippen molar-refractivity contribution in [3.8, 4) is 0 Å². The number of nitrogens with zero attached hydrogens (tertiary/aromatic N) is 1. The molecule has 0 fully saturated rings. The van der Waals surface area contributed by atoms with E-state index in [1.807, 2.05) is 44.2 Å². The molecule has 1 aliphatic rings. The molecule has 7 heteroatoms. The molecule has 1 aromatic carbocycles. The first kappa shape index (κ1) is 22.6. The summed E-state index contributed by atoms with van der Waals surface area (Å²) in [6.07, 6.45) is 1.41. The van der Waals surface area contributed by atoms with Crippen LogP contribution in [0.4, 0.5) is 0 Å². The van der Waals surface area contributed by atoms with Crippen LogP contribution < -0.4 is 0 Å². The Balaban J connectivity index is 2.45. The molecular weight excluding hydrogens is 374 g/mol. The van der Waals surface area contributed by atoms with Crippen molar-refractivity contribution in [2.75, 3.05) is 14.2 Å². The topological polar surface area (TPSA) is 94.4 Å². The van der Waals surface area contributed by atoms with Gasteiger partial charge in [0.1, 0.15) is 6.10 Å². The summed E-state index contributed by atoms with van der Waals surface area (Å²) in [5.74, 6) is -1.39. The van der Waals surface area contributed by atoms with E-state index in [0.717, 1.165) is 0 Å². The normalized spacial score (nSPS) is 23.4. The van der Waals surface area contributed by atoms with E-state index in [9.17, 15) is 14.7 Å². The predicted octanol–water partition coefficient (Wildman–Crippen LogP) is 2.52. The Morgan fingerprint density at radius 1 is 1.21 bits per heavy atom. The van der Waals surface area contributed by atoms with E-state index in [1.165, 1.54) is 14.2 Å². The zero-order valence-electron chi connectivity index (χ0n) is 17.5. The average molecular weight is 403 g/mol. The van der Waals surface area contributed by atoms with Crippen LogP contribution in [0.5, 0.6) is 0 Å². The largest absolute Gasteiger partial charge is 0.471 e. The Labute approximate surface area is 171 Å². The molecule has 0 unspecified atom stereocenters. The highest BCUT2D eigenvalue weighted by molar-refractivity contribution is 6.00. The highest BCUT2D eigenvalue weighted by atomic mass is 16.5. The number of hydrogen-bond acceptors (Lipinski definition) is 7. The Kier molecular flexibility index (Phi) is 7.56. The van der Waals surface area contributed by atoms with E-state index in [0.29, 0.717) is 11.5 Å². The van der Waals surface area contributed by atoms with E-state index in [-0.39, 0.29) is 18.3 Å². The minimum atomic E-state index is -1.62. The van der Waals surface area contributed by atoms with Gasteiger partial charge in [0.2, 0.25) is 11.4 Å². The summed E-state index contributed by atoms with van der Waals surface area (Å²) in [6.45, 7) is 5.54. The standard InChI is InChI=1S/C22H29NO6/c1-14(2)19-22(21(26)28-5,18(25)15(3)10-9-13-17(24)27-4)23-20(29-19)16-11-7-6-8-12-16/h6-12,14-15,18-19,25H,13H2,1-5H3/b10-9+/t15-,18-,19-,22-/m0/s1. The van der Waals surface area contributed by atoms with Crippen LogP contribution in [0.2, 0.25) is 0 Å². The molecule has 1 heterocycles. The molecule has 0 bridgehead atoms. The number of benzene rings is 1. The third-order valence-electron chi connectivity index (χ3n) is 5.00. The molecular formula is C22H29NO6. The van der Waals surface area contributed by atoms with Gasteiger partial charge in [-0.05, 0) is 18.1 Å². The Morgan fingerprint density at radius 3 is 2.41 bits per heavy atom. The second-order valence-corrected chi connectivity index (χ2v) is 7.39. The molecule has 158 valence electrons. The number of carbonyl (C=O) groups is 2. The van der Waals surface area contributed by atoms with E-state index in [1.54, 1.807) is 19.1 Å². The molecule has 0 saturated heterocycles. The Morgan fingerprint density at radius 2 is 1.86 bits per heavy atom. The molecule has 0 amide bonds. The molecule has 0 saturated carbocycles. The number of aliphatic hydroxyl groups is 1. The summed E-state index contributed by atoms with van der Waals surface area (Å²) < 4.78 is 15.7. The second-order valence-electron chi connectivity index (χ2n) is 7.39. The summed E-state index contributed by atoms with van der Waals surface area (Å²) >= 11 is 0. The first-order chi connectivity index (χ1) is 13.8. The van der Waals surface area contributed by atoms with Crippen molar-refractivity contribution in [3.05, 3.63) is 48.0 Å².